The summed E-state index contributed by atoms with van der Waals surface area (Å²) in [7, 11) is 0. The first kappa shape index (κ1) is 12.7. The highest BCUT2D eigenvalue weighted by molar-refractivity contribution is 5.76. The van der Waals surface area contributed by atoms with Crippen LogP contribution in [-0.2, 0) is 17.6 Å². The van der Waals surface area contributed by atoms with Gasteiger partial charge in [0.25, 0.3) is 0 Å². The molecule has 1 amide bonds. The lowest BCUT2D eigenvalue weighted by molar-refractivity contribution is -0.131. The average molecular weight is 258 g/mol. The molecule has 1 aromatic rings. The van der Waals surface area contributed by atoms with Crippen molar-refractivity contribution in [3.05, 3.63) is 35.4 Å². The average Bonchev–Trinajstić information content (AvgIpc) is 3.24. The maximum absolute atomic E-state index is 12.2. The zero-order chi connectivity index (χ0) is 13.1. The Morgan fingerprint density at radius 1 is 1.16 bits per heavy atom. The van der Waals surface area contributed by atoms with E-state index in [-0.39, 0.29) is 0 Å². The Bertz CT molecular complexity index is 427. The second kappa shape index (κ2) is 5.74. The number of carbonyl (C=O) groups is 1. The van der Waals surface area contributed by atoms with Crippen molar-refractivity contribution in [2.45, 2.75) is 38.1 Å². The SMILES string of the molecule is O=C(CCNC1CC1)N1CCc2ccccc2CC1. The first-order valence-corrected chi connectivity index (χ1v) is 7.41. The smallest absolute Gasteiger partial charge is 0.223 e. The molecule has 0 atom stereocenters. The molecule has 19 heavy (non-hydrogen) atoms. The van der Waals surface area contributed by atoms with E-state index < -0.39 is 0 Å². The number of hydrogen-bond donors (Lipinski definition) is 1. The van der Waals surface area contributed by atoms with Gasteiger partial charge in [-0.1, -0.05) is 24.3 Å². The summed E-state index contributed by atoms with van der Waals surface area (Å²) < 4.78 is 0. The molecule has 1 heterocycles. The van der Waals surface area contributed by atoms with Crippen LogP contribution in [0.25, 0.3) is 0 Å². The number of amides is 1. The van der Waals surface area contributed by atoms with Crippen LogP contribution in [0, 0.1) is 0 Å². The highest BCUT2D eigenvalue weighted by atomic mass is 16.2. The number of hydrogen-bond acceptors (Lipinski definition) is 2. The normalized spacial score (nSPS) is 18.8. The van der Waals surface area contributed by atoms with Crippen LogP contribution in [0.3, 0.4) is 0 Å². The highest BCUT2D eigenvalue weighted by Crippen LogP contribution is 2.19. The molecule has 0 aromatic heterocycles. The largest absolute Gasteiger partial charge is 0.342 e. The van der Waals surface area contributed by atoms with E-state index in [0.29, 0.717) is 18.4 Å². The van der Waals surface area contributed by atoms with Crippen molar-refractivity contribution in [1.29, 1.82) is 0 Å². The molecule has 0 radical (unpaired) electrons. The summed E-state index contributed by atoms with van der Waals surface area (Å²) in [4.78, 5) is 14.2. The van der Waals surface area contributed by atoms with Crippen LogP contribution in [-0.4, -0.2) is 36.5 Å². The summed E-state index contributed by atoms with van der Waals surface area (Å²) in [5.74, 6) is 0.306. The van der Waals surface area contributed by atoms with Gasteiger partial charge >= 0.3 is 0 Å². The summed E-state index contributed by atoms with van der Waals surface area (Å²) in [6.45, 7) is 2.59. The number of rotatable bonds is 4. The van der Waals surface area contributed by atoms with Gasteiger partial charge in [0, 0.05) is 32.1 Å². The molecule has 2 aliphatic rings. The second-order valence-electron chi connectivity index (χ2n) is 5.63. The molecule has 1 aromatic carbocycles. The second-order valence-corrected chi connectivity index (χ2v) is 5.63. The molecule has 1 N–H and O–H groups in total. The standard InChI is InChI=1S/C16H22N2O/c19-16(7-10-17-15-5-6-15)18-11-8-13-3-1-2-4-14(13)9-12-18/h1-4,15,17H,5-12H2. The lowest BCUT2D eigenvalue weighted by Gasteiger charge is -2.20. The Balaban J connectivity index is 1.51. The zero-order valence-electron chi connectivity index (χ0n) is 11.4. The number of fused-ring (bicyclic) bond motifs is 1. The third-order valence-electron chi connectivity index (χ3n) is 4.12. The molecule has 0 unspecified atom stereocenters. The fourth-order valence-electron chi connectivity index (χ4n) is 2.75. The van der Waals surface area contributed by atoms with E-state index in [2.05, 4.69) is 29.6 Å². The van der Waals surface area contributed by atoms with Gasteiger partial charge in [-0.2, -0.15) is 0 Å². The molecule has 0 saturated heterocycles. The highest BCUT2D eigenvalue weighted by Gasteiger charge is 2.22. The number of nitrogens with one attached hydrogen (secondary N) is 1. The van der Waals surface area contributed by atoms with Crippen LogP contribution in [0.4, 0.5) is 0 Å². The number of benzene rings is 1. The predicted molar refractivity (Wildman–Crippen MR) is 76.1 cm³/mol. The van der Waals surface area contributed by atoms with Crippen molar-refractivity contribution in [2.75, 3.05) is 19.6 Å². The number of nitrogens with zero attached hydrogens (tertiary/aromatic N) is 1. The maximum Gasteiger partial charge on any atom is 0.223 e. The third-order valence-corrected chi connectivity index (χ3v) is 4.12. The molecular formula is C16H22N2O. The molecule has 3 heteroatoms. The van der Waals surface area contributed by atoms with Gasteiger partial charge < -0.3 is 10.2 Å². The Labute approximate surface area is 115 Å². The van der Waals surface area contributed by atoms with Gasteiger partial charge in [-0.25, -0.2) is 0 Å². The van der Waals surface area contributed by atoms with Crippen molar-refractivity contribution in [3.8, 4) is 0 Å². The summed E-state index contributed by atoms with van der Waals surface area (Å²) >= 11 is 0. The van der Waals surface area contributed by atoms with Crippen molar-refractivity contribution in [3.63, 3.8) is 0 Å². The Morgan fingerprint density at radius 3 is 2.37 bits per heavy atom. The van der Waals surface area contributed by atoms with Gasteiger partial charge in [-0.3, -0.25) is 4.79 Å². The quantitative estimate of drug-likeness (QED) is 0.892. The van der Waals surface area contributed by atoms with Gasteiger partial charge in [0.1, 0.15) is 0 Å². The van der Waals surface area contributed by atoms with Crippen molar-refractivity contribution < 1.29 is 4.79 Å². The lowest BCUT2D eigenvalue weighted by atomic mass is 10.0. The van der Waals surface area contributed by atoms with E-state index in [0.717, 1.165) is 32.5 Å². The van der Waals surface area contributed by atoms with Gasteiger partial charge in [-0.15, -0.1) is 0 Å². The van der Waals surface area contributed by atoms with E-state index in [4.69, 9.17) is 0 Å². The molecule has 3 rings (SSSR count). The van der Waals surface area contributed by atoms with Crippen LogP contribution >= 0.6 is 0 Å². The van der Waals surface area contributed by atoms with Gasteiger partial charge in [-0.05, 0) is 36.8 Å². The molecule has 102 valence electrons. The summed E-state index contributed by atoms with van der Waals surface area (Å²) in [6, 6.07) is 9.27. The first-order valence-electron chi connectivity index (χ1n) is 7.41. The van der Waals surface area contributed by atoms with Crippen LogP contribution in [0.15, 0.2) is 24.3 Å². The molecule has 1 fully saturated rings. The Hall–Kier alpha value is -1.35. The summed E-state index contributed by atoms with van der Waals surface area (Å²) in [5, 5.41) is 3.41. The van der Waals surface area contributed by atoms with Crippen molar-refractivity contribution in [2.24, 2.45) is 0 Å². The number of carbonyl (C=O) groups excluding carboxylic acids is 1. The molecule has 1 saturated carbocycles. The van der Waals surface area contributed by atoms with Crippen LogP contribution in [0.5, 0.6) is 0 Å². The van der Waals surface area contributed by atoms with E-state index in [1.54, 1.807) is 0 Å². The fraction of sp³-hybridized carbons (Fsp3) is 0.562. The van der Waals surface area contributed by atoms with Crippen molar-refractivity contribution >= 4 is 5.91 Å². The zero-order valence-corrected chi connectivity index (χ0v) is 11.4. The summed E-state index contributed by atoms with van der Waals surface area (Å²) in [6.07, 6.45) is 5.21. The monoisotopic (exact) mass is 258 g/mol. The molecular weight excluding hydrogens is 236 g/mol. The van der Waals surface area contributed by atoms with Gasteiger partial charge in [0.2, 0.25) is 5.91 Å². The van der Waals surface area contributed by atoms with Crippen LogP contribution in [0.1, 0.15) is 30.4 Å². The molecule has 0 bridgehead atoms. The van der Waals surface area contributed by atoms with Crippen LogP contribution < -0.4 is 5.32 Å². The van der Waals surface area contributed by atoms with Crippen molar-refractivity contribution in [1.82, 2.24) is 10.2 Å². The fourth-order valence-corrected chi connectivity index (χ4v) is 2.75. The Morgan fingerprint density at radius 2 is 1.79 bits per heavy atom. The Kier molecular flexibility index (Phi) is 3.83. The van der Waals surface area contributed by atoms with E-state index in [1.165, 1.54) is 24.0 Å². The van der Waals surface area contributed by atoms with Gasteiger partial charge in [0.05, 0.1) is 0 Å². The summed E-state index contributed by atoms with van der Waals surface area (Å²) in [5.41, 5.74) is 2.82. The van der Waals surface area contributed by atoms with E-state index >= 15 is 0 Å². The van der Waals surface area contributed by atoms with Gasteiger partial charge in [0.15, 0.2) is 0 Å². The van der Waals surface area contributed by atoms with E-state index in [9.17, 15) is 4.79 Å². The molecule has 3 nitrogen and oxygen atoms in total. The predicted octanol–water partition coefficient (Wildman–Crippen LogP) is 1.76. The minimum absolute atomic E-state index is 0.306. The molecule has 1 aliphatic heterocycles. The molecule has 1 aliphatic carbocycles. The first-order chi connectivity index (χ1) is 9.33. The molecule has 0 spiro atoms. The third kappa shape index (κ3) is 3.35. The van der Waals surface area contributed by atoms with E-state index in [1.807, 2.05) is 4.90 Å². The minimum atomic E-state index is 0.306. The maximum atomic E-state index is 12.2. The lowest BCUT2D eigenvalue weighted by Crippen LogP contribution is -2.35. The minimum Gasteiger partial charge on any atom is -0.342 e. The van der Waals surface area contributed by atoms with Crippen LogP contribution in [0.2, 0.25) is 0 Å². The topological polar surface area (TPSA) is 32.3 Å².